The van der Waals surface area contributed by atoms with E-state index in [1.807, 2.05) is 4.57 Å². The van der Waals surface area contributed by atoms with Gasteiger partial charge >= 0.3 is 0 Å². The molecule has 1 aromatic heterocycles. The number of nitrogens with zero attached hydrogens (tertiary/aromatic N) is 2. The molecule has 2 N–H and O–H groups in total. The first kappa shape index (κ1) is 12.5. The molecule has 1 heterocycles. The fourth-order valence-corrected chi connectivity index (χ4v) is 3.43. The Morgan fingerprint density at radius 3 is 2.55 bits per heavy atom. The van der Waals surface area contributed by atoms with Gasteiger partial charge in [0.25, 0.3) is 0 Å². The van der Waals surface area contributed by atoms with Gasteiger partial charge in [-0.25, -0.2) is 9.37 Å². The van der Waals surface area contributed by atoms with Crippen molar-refractivity contribution in [3.8, 4) is 0 Å². The number of fused-ring (bicyclic) bond motifs is 1. The second-order valence-electron chi connectivity index (χ2n) is 6.17. The van der Waals surface area contributed by atoms with Crippen LogP contribution >= 0.6 is 11.6 Å². The Morgan fingerprint density at radius 1 is 1.30 bits per heavy atom. The number of halogens is 2. The van der Waals surface area contributed by atoms with Gasteiger partial charge in [0.2, 0.25) is 5.95 Å². The molecule has 20 heavy (non-hydrogen) atoms. The lowest BCUT2D eigenvalue weighted by Gasteiger charge is -2.17. The molecule has 2 saturated carbocycles. The van der Waals surface area contributed by atoms with E-state index in [1.54, 1.807) is 6.07 Å². The molecule has 0 unspecified atom stereocenters. The summed E-state index contributed by atoms with van der Waals surface area (Å²) in [6, 6.07) is 3.01. The lowest BCUT2D eigenvalue weighted by molar-refractivity contribution is 0.355. The van der Waals surface area contributed by atoms with E-state index in [4.69, 9.17) is 17.3 Å². The molecule has 0 amide bonds. The van der Waals surface area contributed by atoms with E-state index >= 15 is 0 Å². The largest absolute Gasteiger partial charge is 0.369 e. The summed E-state index contributed by atoms with van der Waals surface area (Å²) in [6.07, 6.45) is 5.31. The molecule has 0 radical (unpaired) electrons. The Morgan fingerprint density at radius 2 is 1.95 bits per heavy atom. The molecule has 2 aliphatic carbocycles. The van der Waals surface area contributed by atoms with Crippen molar-refractivity contribution in [3.63, 3.8) is 0 Å². The minimum atomic E-state index is -0.408. The number of aromatic nitrogens is 2. The minimum Gasteiger partial charge on any atom is -0.369 e. The molecule has 0 saturated heterocycles. The molecule has 5 heteroatoms. The molecule has 3 nitrogen and oxygen atoms in total. The summed E-state index contributed by atoms with van der Waals surface area (Å²) in [7, 11) is 0. The third kappa shape index (κ3) is 2.06. The normalized spacial score (nSPS) is 19.1. The first-order valence-electron chi connectivity index (χ1n) is 7.24. The van der Waals surface area contributed by atoms with Crippen molar-refractivity contribution in [3.05, 3.63) is 23.0 Å². The zero-order valence-corrected chi connectivity index (χ0v) is 11.9. The van der Waals surface area contributed by atoms with Gasteiger partial charge in [0.1, 0.15) is 5.82 Å². The third-order valence-electron chi connectivity index (χ3n) is 4.67. The van der Waals surface area contributed by atoms with Crippen molar-refractivity contribution in [2.45, 2.75) is 32.2 Å². The fourth-order valence-electron chi connectivity index (χ4n) is 3.27. The van der Waals surface area contributed by atoms with Crippen LogP contribution in [0.15, 0.2) is 12.1 Å². The van der Waals surface area contributed by atoms with E-state index in [0.29, 0.717) is 17.4 Å². The average molecular weight is 294 g/mol. The van der Waals surface area contributed by atoms with Crippen LogP contribution in [0.25, 0.3) is 11.0 Å². The maximum atomic E-state index is 13.7. The molecule has 0 spiro atoms. The third-order valence-corrected chi connectivity index (χ3v) is 4.96. The summed E-state index contributed by atoms with van der Waals surface area (Å²) in [4.78, 5) is 4.32. The Bertz CT molecular complexity index is 661. The number of imidazole rings is 1. The van der Waals surface area contributed by atoms with Crippen LogP contribution < -0.4 is 5.73 Å². The zero-order chi connectivity index (χ0) is 13.9. The standard InChI is InChI=1S/C15H17ClFN3/c16-11-5-13-14(6-12(11)17)20(15(18)19-13)7-10(8-1-2-8)9-3-4-9/h5-6,8-10H,1-4,7H2,(H2,18,19). The molecule has 2 fully saturated rings. The van der Waals surface area contributed by atoms with E-state index in [9.17, 15) is 4.39 Å². The smallest absolute Gasteiger partial charge is 0.201 e. The van der Waals surface area contributed by atoms with Crippen molar-refractivity contribution < 1.29 is 4.39 Å². The highest BCUT2D eigenvalue weighted by Gasteiger charge is 2.41. The van der Waals surface area contributed by atoms with E-state index in [-0.39, 0.29) is 5.02 Å². The van der Waals surface area contributed by atoms with Crippen LogP contribution in [0.5, 0.6) is 0 Å². The summed E-state index contributed by atoms with van der Waals surface area (Å²) < 4.78 is 15.7. The quantitative estimate of drug-likeness (QED) is 0.930. The summed E-state index contributed by atoms with van der Waals surface area (Å²) >= 11 is 5.81. The zero-order valence-electron chi connectivity index (χ0n) is 11.1. The average Bonchev–Trinajstić information content (AvgIpc) is 3.28. The van der Waals surface area contributed by atoms with Crippen LogP contribution in [-0.4, -0.2) is 9.55 Å². The van der Waals surface area contributed by atoms with Crippen molar-refractivity contribution in [2.75, 3.05) is 5.73 Å². The Kier molecular flexibility index (Phi) is 2.71. The number of anilines is 1. The number of rotatable bonds is 4. The summed E-state index contributed by atoms with van der Waals surface area (Å²) in [5.74, 6) is 2.39. The SMILES string of the molecule is Nc1nc2cc(Cl)c(F)cc2n1CC(C1CC1)C1CC1. The maximum absolute atomic E-state index is 13.7. The van der Waals surface area contributed by atoms with Crippen molar-refractivity contribution in [1.29, 1.82) is 0 Å². The summed E-state index contributed by atoms with van der Waals surface area (Å²) in [6.45, 7) is 0.860. The van der Waals surface area contributed by atoms with E-state index in [0.717, 1.165) is 23.9 Å². The molecule has 2 aliphatic rings. The number of hydrogen-bond donors (Lipinski definition) is 1. The highest BCUT2D eigenvalue weighted by molar-refractivity contribution is 6.31. The molecule has 0 bridgehead atoms. The van der Waals surface area contributed by atoms with Gasteiger partial charge in [0.05, 0.1) is 16.1 Å². The number of nitrogens with two attached hydrogens (primary N) is 1. The van der Waals surface area contributed by atoms with Gasteiger partial charge in [-0.1, -0.05) is 11.6 Å². The second kappa shape index (κ2) is 4.35. The molecular weight excluding hydrogens is 277 g/mol. The van der Waals surface area contributed by atoms with Gasteiger partial charge in [0.15, 0.2) is 0 Å². The highest BCUT2D eigenvalue weighted by Crippen LogP contribution is 2.50. The van der Waals surface area contributed by atoms with Crippen LogP contribution in [0.1, 0.15) is 25.7 Å². The molecule has 106 valence electrons. The Balaban J connectivity index is 1.74. The van der Waals surface area contributed by atoms with Gasteiger partial charge in [-0.3, -0.25) is 0 Å². The Hall–Kier alpha value is -1.29. The number of hydrogen-bond acceptors (Lipinski definition) is 2. The first-order chi connectivity index (χ1) is 9.63. The first-order valence-corrected chi connectivity index (χ1v) is 7.62. The van der Waals surface area contributed by atoms with Gasteiger partial charge < -0.3 is 10.3 Å². The van der Waals surface area contributed by atoms with Crippen LogP contribution in [-0.2, 0) is 6.54 Å². The van der Waals surface area contributed by atoms with E-state index in [1.165, 1.54) is 31.7 Å². The lowest BCUT2D eigenvalue weighted by atomic mass is 9.98. The van der Waals surface area contributed by atoms with Gasteiger partial charge in [-0.05, 0) is 49.5 Å². The number of benzene rings is 1. The molecular formula is C15H17ClFN3. The van der Waals surface area contributed by atoms with Crippen LogP contribution in [0.4, 0.5) is 10.3 Å². The summed E-state index contributed by atoms with van der Waals surface area (Å²) in [5, 5.41) is 0.100. The highest BCUT2D eigenvalue weighted by atomic mass is 35.5. The van der Waals surface area contributed by atoms with Crippen molar-refractivity contribution in [1.82, 2.24) is 9.55 Å². The predicted octanol–water partition coefficient (Wildman–Crippen LogP) is 3.85. The monoisotopic (exact) mass is 293 g/mol. The lowest BCUT2D eigenvalue weighted by Crippen LogP contribution is -2.16. The summed E-state index contributed by atoms with van der Waals surface area (Å²) in [5.41, 5.74) is 7.47. The minimum absolute atomic E-state index is 0.100. The molecule has 4 rings (SSSR count). The Labute approximate surface area is 121 Å². The van der Waals surface area contributed by atoms with Crippen LogP contribution in [0, 0.1) is 23.6 Å². The van der Waals surface area contributed by atoms with E-state index in [2.05, 4.69) is 4.98 Å². The van der Waals surface area contributed by atoms with Crippen LogP contribution in [0.2, 0.25) is 5.02 Å². The topological polar surface area (TPSA) is 43.8 Å². The molecule has 0 atom stereocenters. The molecule has 0 aliphatic heterocycles. The van der Waals surface area contributed by atoms with Gasteiger partial charge in [-0.2, -0.15) is 0 Å². The van der Waals surface area contributed by atoms with Crippen LogP contribution in [0.3, 0.4) is 0 Å². The molecule has 2 aromatic rings. The molecule has 1 aromatic carbocycles. The van der Waals surface area contributed by atoms with Gasteiger partial charge in [0, 0.05) is 12.6 Å². The van der Waals surface area contributed by atoms with Crippen molar-refractivity contribution in [2.24, 2.45) is 17.8 Å². The predicted molar refractivity (Wildman–Crippen MR) is 78.1 cm³/mol. The fraction of sp³-hybridized carbons (Fsp3) is 0.533. The second-order valence-corrected chi connectivity index (χ2v) is 6.58. The van der Waals surface area contributed by atoms with E-state index < -0.39 is 5.82 Å². The van der Waals surface area contributed by atoms with Crippen molar-refractivity contribution >= 4 is 28.6 Å². The maximum Gasteiger partial charge on any atom is 0.201 e. The number of nitrogen functional groups attached to an aromatic ring is 1. The van der Waals surface area contributed by atoms with Gasteiger partial charge in [-0.15, -0.1) is 0 Å².